The molecule has 0 fully saturated rings. The van der Waals surface area contributed by atoms with Crippen molar-refractivity contribution in [3.8, 4) is 5.75 Å². The topological polar surface area (TPSA) is 105 Å². The second kappa shape index (κ2) is 11.0. The number of sulfonamides is 1. The molecule has 3 aromatic carbocycles. The zero-order valence-electron chi connectivity index (χ0n) is 18.6. The van der Waals surface area contributed by atoms with Crippen LogP contribution in [0, 0.1) is 0 Å². The van der Waals surface area contributed by atoms with Gasteiger partial charge in [0.1, 0.15) is 5.75 Å². The summed E-state index contributed by atoms with van der Waals surface area (Å²) in [5.41, 5.74) is 2.33. The zero-order chi connectivity index (χ0) is 24.7. The number of halogens is 1. The number of nitrogens with zero attached hydrogens (tertiary/aromatic N) is 1. The van der Waals surface area contributed by atoms with Gasteiger partial charge in [0.2, 0.25) is 15.9 Å². The molecular weight excluding hydrogens is 478 g/mol. The predicted octanol–water partition coefficient (Wildman–Crippen LogP) is 4.28. The highest BCUT2D eigenvalue weighted by atomic mass is 35.5. The van der Waals surface area contributed by atoms with Crippen LogP contribution >= 0.6 is 11.6 Å². The van der Waals surface area contributed by atoms with Gasteiger partial charge in [0, 0.05) is 23.3 Å². The summed E-state index contributed by atoms with van der Waals surface area (Å²) < 4.78 is 31.5. The van der Waals surface area contributed by atoms with Crippen LogP contribution < -0.4 is 19.7 Å². The molecular formula is C24H24ClN3O5S. The number of carbonyl (C=O) groups excluding carboxylic acids is 2. The SMILES string of the molecule is CC(=O)Nc1cccc(NC(=O)COc2ccc(N(Cc3ccc(Cl)cc3)S(C)(=O)=O)cc2)c1. The third-order valence-electron chi connectivity index (χ3n) is 4.60. The van der Waals surface area contributed by atoms with Crippen LogP contribution in [0.1, 0.15) is 12.5 Å². The van der Waals surface area contributed by atoms with E-state index >= 15 is 0 Å². The number of benzene rings is 3. The molecule has 3 aromatic rings. The van der Waals surface area contributed by atoms with Crippen LogP contribution in [0.5, 0.6) is 5.75 Å². The highest BCUT2D eigenvalue weighted by Crippen LogP contribution is 2.24. The summed E-state index contributed by atoms with van der Waals surface area (Å²) in [5, 5.41) is 5.91. The number of anilines is 3. The molecule has 0 spiro atoms. The van der Waals surface area contributed by atoms with Crippen LogP contribution in [-0.4, -0.2) is 33.1 Å². The molecule has 0 aliphatic heterocycles. The molecule has 10 heteroatoms. The van der Waals surface area contributed by atoms with E-state index in [-0.39, 0.29) is 25.0 Å². The van der Waals surface area contributed by atoms with Crippen LogP contribution in [-0.2, 0) is 26.2 Å². The van der Waals surface area contributed by atoms with Crippen molar-refractivity contribution >= 4 is 50.5 Å². The summed E-state index contributed by atoms with van der Waals surface area (Å²) in [7, 11) is -3.54. The molecule has 3 rings (SSSR count). The summed E-state index contributed by atoms with van der Waals surface area (Å²) in [4.78, 5) is 23.4. The van der Waals surface area contributed by atoms with Gasteiger partial charge in [-0.1, -0.05) is 29.8 Å². The van der Waals surface area contributed by atoms with Crippen molar-refractivity contribution in [1.82, 2.24) is 0 Å². The van der Waals surface area contributed by atoms with Gasteiger partial charge in [0.15, 0.2) is 6.61 Å². The maximum atomic E-state index is 12.4. The van der Waals surface area contributed by atoms with Crippen molar-refractivity contribution in [2.75, 3.05) is 27.8 Å². The Bertz CT molecular complexity index is 1260. The average molecular weight is 502 g/mol. The lowest BCUT2D eigenvalue weighted by Gasteiger charge is -2.23. The van der Waals surface area contributed by atoms with E-state index in [9.17, 15) is 18.0 Å². The van der Waals surface area contributed by atoms with Crippen molar-refractivity contribution in [2.24, 2.45) is 0 Å². The molecule has 0 aliphatic carbocycles. The molecule has 0 aliphatic rings. The lowest BCUT2D eigenvalue weighted by molar-refractivity contribution is -0.118. The van der Waals surface area contributed by atoms with E-state index in [4.69, 9.17) is 16.3 Å². The normalized spacial score (nSPS) is 10.9. The van der Waals surface area contributed by atoms with Crippen molar-refractivity contribution < 1.29 is 22.7 Å². The molecule has 178 valence electrons. The molecule has 0 heterocycles. The minimum absolute atomic E-state index is 0.149. The predicted molar refractivity (Wildman–Crippen MR) is 134 cm³/mol. The van der Waals surface area contributed by atoms with Gasteiger partial charge in [-0.05, 0) is 60.2 Å². The van der Waals surface area contributed by atoms with E-state index < -0.39 is 10.0 Å². The second-order valence-electron chi connectivity index (χ2n) is 7.49. The fourth-order valence-corrected chi connectivity index (χ4v) is 4.10. The van der Waals surface area contributed by atoms with E-state index in [0.717, 1.165) is 11.8 Å². The molecule has 8 nitrogen and oxygen atoms in total. The number of carbonyl (C=O) groups is 2. The first-order chi connectivity index (χ1) is 16.1. The summed E-state index contributed by atoms with van der Waals surface area (Å²) in [5.74, 6) is -0.187. The smallest absolute Gasteiger partial charge is 0.262 e. The Hall–Kier alpha value is -3.56. The Morgan fingerprint density at radius 1 is 0.941 bits per heavy atom. The minimum Gasteiger partial charge on any atom is -0.484 e. The highest BCUT2D eigenvalue weighted by Gasteiger charge is 2.18. The Kier molecular flexibility index (Phi) is 8.14. The molecule has 0 saturated heterocycles. The van der Waals surface area contributed by atoms with Gasteiger partial charge in [-0.2, -0.15) is 0 Å². The zero-order valence-corrected chi connectivity index (χ0v) is 20.2. The number of amides is 2. The monoisotopic (exact) mass is 501 g/mol. The van der Waals surface area contributed by atoms with Crippen LogP contribution in [0.4, 0.5) is 17.1 Å². The molecule has 0 bridgehead atoms. The summed E-state index contributed by atoms with van der Waals surface area (Å²) >= 11 is 5.91. The van der Waals surface area contributed by atoms with Gasteiger partial charge in [0.25, 0.3) is 5.91 Å². The van der Waals surface area contributed by atoms with E-state index in [2.05, 4.69) is 10.6 Å². The average Bonchev–Trinajstić information content (AvgIpc) is 2.77. The van der Waals surface area contributed by atoms with Gasteiger partial charge >= 0.3 is 0 Å². The van der Waals surface area contributed by atoms with Gasteiger partial charge in [-0.15, -0.1) is 0 Å². The Labute approximate surface area is 203 Å². The largest absolute Gasteiger partial charge is 0.484 e. The minimum atomic E-state index is -3.54. The third-order valence-corrected chi connectivity index (χ3v) is 5.99. The molecule has 0 radical (unpaired) electrons. The number of ether oxygens (including phenoxy) is 1. The number of hydrogen-bond donors (Lipinski definition) is 2. The Morgan fingerprint density at radius 3 is 2.15 bits per heavy atom. The standard InChI is InChI=1S/C24H24ClN3O5S/c1-17(29)26-20-4-3-5-21(14-20)27-24(30)16-33-23-12-10-22(11-13-23)28(34(2,31)32)15-18-6-8-19(25)9-7-18/h3-14H,15-16H2,1-2H3,(H,26,29)(H,27,30). The van der Waals surface area contributed by atoms with Crippen molar-refractivity contribution in [1.29, 1.82) is 0 Å². The number of nitrogens with one attached hydrogen (secondary N) is 2. The molecule has 0 unspecified atom stereocenters. The number of rotatable bonds is 9. The molecule has 2 amide bonds. The first kappa shape index (κ1) is 25.1. The van der Waals surface area contributed by atoms with Crippen molar-refractivity contribution in [2.45, 2.75) is 13.5 Å². The molecule has 0 saturated carbocycles. The van der Waals surface area contributed by atoms with E-state index in [1.54, 1.807) is 72.8 Å². The van der Waals surface area contributed by atoms with Crippen molar-refractivity contribution in [3.05, 3.63) is 83.4 Å². The summed E-state index contributed by atoms with van der Waals surface area (Å²) in [6, 6.07) is 20.1. The highest BCUT2D eigenvalue weighted by molar-refractivity contribution is 7.92. The maximum absolute atomic E-state index is 12.4. The van der Waals surface area contributed by atoms with Crippen LogP contribution in [0.3, 0.4) is 0 Å². The van der Waals surface area contributed by atoms with Crippen molar-refractivity contribution in [3.63, 3.8) is 0 Å². The summed E-state index contributed by atoms with van der Waals surface area (Å²) in [6.45, 7) is 1.30. The Balaban J connectivity index is 1.61. The first-order valence-corrected chi connectivity index (χ1v) is 12.5. The molecule has 2 N–H and O–H groups in total. The van der Waals surface area contributed by atoms with Crippen LogP contribution in [0.25, 0.3) is 0 Å². The summed E-state index contributed by atoms with van der Waals surface area (Å²) in [6.07, 6.45) is 1.14. The maximum Gasteiger partial charge on any atom is 0.262 e. The van der Waals surface area contributed by atoms with Crippen LogP contribution in [0.2, 0.25) is 5.02 Å². The fraction of sp³-hybridized carbons (Fsp3) is 0.167. The first-order valence-electron chi connectivity index (χ1n) is 10.2. The van der Waals surface area contributed by atoms with E-state index in [1.807, 2.05) is 0 Å². The van der Waals surface area contributed by atoms with Crippen LogP contribution in [0.15, 0.2) is 72.8 Å². The van der Waals surface area contributed by atoms with E-state index in [0.29, 0.717) is 27.8 Å². The molecule has 0 atom stereocenters. The van der Waals surface area contributed by atoms with Gasteiger partial charge < -0.3 is 15.4 Å². The van der Waals surface area contributed by atoms with Gasteiger partial charge in [-0.3, -0.25) is 13.9 Å². The fourth-order valence-electron chi connectivity index (χ4n) is 3.09. The lowest BCUT2D eigenvalue weighted by atomic mass is 10.2. The molecule has 0 aromatic heterocycles. The lowest BCUT2D eigenvalue weighted by Crippen LogP contribution is -2.29. The van der Waals surface area contributed by atoms with Gasteiger partial charge in [0.05, 0.1) is 18.5 Å². The quantitative estimate of drug-likeness (QED) is 0.455. The Morgan fingerprint density at radius 2 is 1.56 bits per heavy atom. The number of hydrogen-bond acceptors (Lipinski definition) is 5. The van der Waals surface area contributed by atoms with E-state index in [1.165, 1.54) is 11.2 Å². The third kappa shape index (κ3) is 7.50. The second-order valence-corrected chi connectivity index (χ2v) is 9.83. The molecule has 34 heavy (non-hydrogen) atoms. The van der Waals surface area contributed by atoms with Gasteiger partial charge in [-0.25, -0.2) is 8.42 Å².